The minimum absolute atomic E-state index is 0.0311. The Labute approximate surface area is 136 Å². The van der Waals surface area contributed by atoms with Crippen LogP contribution in [0.4, 0.5) is 4.79 Å². The summed E-state index contributed by atoms with van der Waals surface area (Å²) in [4.78, 5) is 14.5. The van der Waals surface area contributed by atoms with E-state index in [1.54, 1.807) is 4.68 Å². The largest absolute Gasteiger partial charge is 0.332 e. The molecule has 1 aromatic heterocycles. The lowest BCUT2D eigenvalue weighted by Crippen LogP contribution is -2.39. The van der Waals surface area contributed by atoms with Crippen LogP contribution in [-0.4, -0.2) is 32.5 Å². The molecular formula is C17H23N5O. The summed E-state index contributed by atoms with van der Waals surface area (Å²) < 4.78 is 1.63. The number of nitrogens with one attached hydrogen (secondary N) is 1. The number of urea groups is 1. The van der Waals surface area contributed by atoms with Crippen molar-refractivity contribution in [1.29, 1.82) is 0 Å². The molecule has 122 valence electrons. The smallest absolute Gasteiger partial charge is 0.318 e. The minimum atomic E-state index is -0.0311. The van der Waals surface area contributed by atoms with E-state index in [4.69, 9.17) is 0 Å². The van der Waals surface area contributed by atoms with E-state index >= 15 is 0 Å². The van der Waals surface area contributed by atoms with E-state index in [9.17, 15) is 4.79 Å². The second-order valence-electron chi connectivity index (χ2n) is 6.24. The summed E-state index contributed by atoms with van der Waals surface area (Å²) in [5.41, 5.74) is 4.54. The van der Waals surface area contributed by atoms with Crippen molar-refractivity contribution in [3.63, 3.8) is 0 Å². The van der Waals surface area contributed by atoms with Gasteiger partial charge in [0.25, 0.3) is 0 Å². The lowest BCUT2D eigenvalue weighted by molar-refractivity contribution is 0.192. The Morgan fingerprint density at radius 2 is 2.17 bits per heavy atom. The summed E-state index contributed by atoms with van der Waals surface area (Å²) in [6.45, 7) is 5.43. The predicted octanol–water partition coefficient (Wildman–Crippen LogP) is 2.48. The van der Waals surface area contributed by atoms with Gasteiger partial charge in [0.05, 0.1) is 12.6 Å². The van der Waals surface area contributed by atoms with Crippen LogP contribution >= 0.6 is 0 Å². The molecule has 1 aliphatic heterocycles. The van der Waals surface area contributed by atoms with Gasteiger partial charge in [-0.25, -0.2) is 4.79 Å². The highest BCUT2D eigenvalue weighted by Gasteiger charge is 2.30. The highest BCUT2D eigenvalue weighted by atomic mass is 16.2. The molecule has 1 aromatic carbocycles. The van der Waals surface area contributed by atoms with E-state index in [2.05, 4.69) is 47.7 Å². The molecule has 2 heterocycles. The van der Waals surface area contributed by atoms with Crippen LogP contribution in [0.25, 0.3) is 0 Å². The third-order valence-electron chi connectivity index (χ3n) is 4.50. The lowest BCUT2D eigenvalue weighted by Gasteiger charge is -2.25. The molecule has 3 rings (SSSR count). The Morgan fingerprint density at radius 1 is 1.35 bits per heavy atom. The van der Waals surface area contributed by atoms with Gasteiger partial charge in [0.2, 0.25) is 0 Å². The maximum absolute atomic E-state index is 12.5. The Kier molecular flexibility index (Phi) is 4.32. The van der Waals surface area contributed by atoms with Crippen molar-refractivity contribution >= 4 is 6.03 Å². The molecule has 23 heavy (non-hydrogen) atoms. The molecule has 2 aromatic rings. The molecule has 1 atom stereocenters. The van der Waals surface area contributed by atoms with Crippen molar-refractivity contribution in [2.24, 2.45) is 7.05 Å². The zero-order valence-corrected chi connectivity index (χ0v) is 13.9. The molecule has 1 unspecified atom stereocenters. The highest BCUT2D eigenvalue weighted by Crippen LogP contribution is 2.32. The first kappa shape index (κ1) is 15.5. The van der Waals surface area contributed by atoms with E-state index in [0.29, 0.717) is 6.54 Å². The molecule has 1 fully saturated rings. The van der Waals surface area contributed by atoms with Crippen molar-refractivity contribution in [1.82, 2.24) is 25.2 Å². The molecule has 6 heteroatoms. The number of hydrogen-bond acceptors (Lipinski definition) is 3. The van der Waals surface area contributed by atoms with Gasteiger partial charge < -0.3 is 10.2 Å². The molecule has 1 N–H and O–H groups in total. The zero-order chi connectivity index (χ0) is 16.4. The third-order valence-corrected chi connectivity index (χ3v) is 4.50. The van der Waals surface area contributed by atoms with Gasteiger partial charge in [-0.3, -0.25) is 4.68 Å². The summed E-state index contributed by atoms with van der Waals surface area (Å²) in [6.07, 6.45) is 3.86. The molecular weight excluding hydrogens is 290 g/mol. The molecule has 0 saturated carbocycles. The van der Waals surface area contributed by atoms with Gasteiger partial charge >= 0.3 is 6.03 Å². The summed E-state index contributed by atoms with van der Waals surface area (Å²) in [6, 6.07) is 6.61. The number of hydrogen-bond donors (Lipinski definition) is 1. The fourth-order valence-electron chi connectivity index (χ4n) is 3.07. The van der Waals surface area contributed by atoms with Crippen molar-refractivity contribution < 1.29 is 4.79 Å². The molecule has 0 aliphatic carbocycles. The van der Waals surface area contributed by atoms with E-state index < -0.39 is 0 Å². The highest BCUT2D eigenvalue weighted by molar-refractivity contribution is 5.75. The number of nitrogens with zero attached hydrogens (tertiary/aromatic N) is 4. The van der Waals surface area contributed by atoms with Gasteiger partial charge in [-0.2, -0.15) is 0 Å². The van der Waals surface area contributed by atoms with Crippen LogP contribution in [0.5, 0.6) is 0 Å². The van der Waals surface area contributed by atoms with Crippen molar-refractivity contribution in [3.8, 4) is 0 Å². The zero-order valence-electron chi connectivity index (χ0n) is 13.9. The van der Waals surface area contributed by atoms with Crippen LogP contribution in [0.3, 0.4) is 0 Å². The van der Waals surface area contributed by atoms with Gasteiger partial charge in [0.1, 0.15) is 5.69 Å². The van der Waals surface area contributed by atoms with Crippen molar-refractivity contribution in [3.05, 3.63) is 46.8 Å². The first-order valence-corrected chi connectivity index (χ1v) is 8.01. The summed E-state index contributed by atoms with van der Waals surface area (Å²) >= 11 is 0. The molecule has 0 spiro atoms. The molecule has 0 bridgehead atoms. The molecule has 6 nitrogen and oxygen atoms in total. The Morgan fingerprint density at radius 3 is 2.87 bits per heavy atom. The minimum Gasteiger partial charge on any atom is -0.332 e. The Balaban J connectivity index is 1.68. The maximum atomic E-state index is 12.5. The first-order chi connectivity index (χ1) is 11.0. The number of rotatable bonds is 3. The number of carbonyl (C=O) groups excluding carboxylic acids is 1. The van der Waals surface area contributed by atoms with Crippen LogP contribution in [0.2, 0.25) is 0 Å². The second kappa shape index (κ2) is 6.40. The number of amides is 2. The Hall–Kier alpha value is -2.37. The maximum Gasteiger partial charge on any atom is 0.318 e. The second-order valence-corrected chi connectivity index (χ2v) is 6.24. The van der Waals surface area contributed by atoms with Gasteiger partial charge in [0.15, 0.2) is 0 Å². The summed E-state index contributed by atoms with van der Waals surface area (Å²) in [5.74, 6) is 0. The molecule has 1 saturated heterocycles. The first-order valence-electron chi connectivity index (χ1n) is 8.01. The summed E-state index contributed by atoms with van der Waals surface area (Å²) in [7, 11) is 1.81. The predicted molar refractivity (Wildman–Crippen MR) is 87.8 cm³/mol. The molecule has 0 radical (unpaired) electrons. The fourth-order valence-corrected chi connectivity index (χ4v) is 3.07. The van der Waals surface area contributed by atoms with Crippen LogP contribution in [0.15, 0.2) is 24.4 Å². The van der Waals surface area contributed by atoms with Gasteiger partial charge in [-0.15, -0.1) is 5.10 Å². The summed E-state index contributed by atoms with van der Waals surface area (Å²) in [5, 5.41) is 10.8. The van der Waals surface area contributed by atoms with Crippen molar-refractivity contribution in [2.75, 3.05) is 6.54 Å². The van der Waals surface area contributed by atoms with E-state index in [-0.39, 0.29) is 12.1 Å². The van der Waals surface area contributed by atoms with Crippen LogP contribution in [-0.2, 0) is 13.6 Å². The topological polar surface area (TPSA) is 63.1 Å². The lowest BCUT2D eigenvalue weighted by atomic mass is 9.99. The van der Waals surface area contributed by atoms with Gasteiger partial charge in [0, 0.05) is 19.8 Å². The number of carbonyl (C=O) groups is 1. The van der Waals surface area contributed by atoms with Gasteiger partial charge in [-0.1, -0.05) is 23.4 Å². The normalized spacial score (nSPS) is 17.5. The van der Waals surface area contributed by atoms with Gasteiger partial charge in [-0.05, 0) is 43.4 Å². The number of aryl methyl sites for hydroxylation is 3. The third kappa shape index (κ3) is 3.36. The van der Waals surface area contributed by atoms with Crippen LogP contribution < -0.4 is 5.32 Å². The molecule has 2 amide bonds. The average Bonchev–Trinajstić information content (AvgIpc) is 3.16. The standard InChI is InChI=1S/C17H23N5O/c1-12-6-7-14(9-13(12)2)16-5-4-8-22(16)17(23)18-10-15-11-21(3)20-19-15/h6-7,9,11,16H,4-5,8,10H2,1-3H3,(H,18,23). The van der Waals surface area contributed by atoms with E-state index in [0.717, 1.165) is 25.1 Å². The van der Waals surface area contributed by atoms with E-state index in [1.165, 1.54) is 16.7 Å². The van der Waals surface area contributed by atoms with Crippen LogP contribution in [0.1, 0.15) is 41.3 Å². The fraction of sp³-hybridized carbons (Fsp3) is 0.471. The number of benzene rings is 1. The average molecular weight is 313 g/mol. The quantitative estimate of drug-likeness (QED) is 0.947. The SMILES string of the molecule is Cc1ccc(C2CCCN2C(=O)NCc2cn(C)nn2)cc1C. The monoisotopic (exact) mass is 313 g/mol. The number of likely N-dealkylation sites (tertiary alicyclic amines) is 1. The Bertz CT molecular complexity index is 709. The van der Waals surface area contributed by atoms with Crippen molar-refractivity contribution in [2.45, 2.75) is 39.3 Å². The molecule has 1 aliphatic rings. The van der Waals surface area contributed by atoms with Crippen LogP contribution in [0, 0.1) is 13.8 Å². The number of aromatic nitrogens is 3. The van der Waals surface area contributed by atoms with E-state index in [1.807, 2.05) is 18.1 Å².